The van der Waals surface area contributed by atoms with E-state index in [0.29, 0.717) is 59.7 Å². The lowest BCUT2D eigenvalue weighted by atomic mass is 9.66. The monoisotopic (exact) mass is 976 g/mol. The summed E-state index contributed by atoms with van der Waals surface area (Å²) < 4.78 is 157. The molecule has 3 aromatic carbocycles. The van der Waals surface area contributed by atoms with Gasteiger partial charge in [-0.15, -0.1) is 25.3 Å². The van der Waals surface area contributed by atoms with Gasteiger partial charge in [-0.25, -0.2) is 4.99 Å². The number of hydrogen-bond acceptors (Lipinski definition) is 16. The zero-order valence-corrected chi connectivity index (χ0v) is 38.4. The van der Waals surface area contributed by atoms with Crippen LogP contribution in [0.1, 0.15) is 79.5 Å². The van der Waals surface area contributed by atoms with Crippen molar-refractivity contribution in [1.29, 1.82) is 0 Å². The zero-order chi connectivity index (χ0) is 47.3. The molecule has 0 aromatic heterocycles. The smallest absolute Gasteiger partial charge is 0.425 e. The van der Waals surface area contributed by atoms with Crippen molar-refractivity contribution in [1.82, 2.24) is 0 Å². The Morgan fingerprint density at radius 3 is 1.90 bits per heavy atom. The van der Waals surface area contributed by atoms with Crippen LogP contribution in [0, 0.1) is 0 Å². The third-order valence-electron chi connectivity index (χ3n) is 10.6. The molecule has 0 unspecified atom stereocenters. The maximum Gasteiger partial charge on any atom is 0.425 e. The van der Waals surface area contributed by atoms with E-state index in [-0.39, 0.29) is 18.0 Å². The highest BCUT2D eigenvalue weighted by Crippen LogP contribution is 2.49. The van der Waals surface area contributed by atoms with Gasteiger partial charge in [0.1, 0.15) is 11.5 Å². The second-order valence-corrected chi connectivity index (χ2v) is 21.0. The summed E-state index contributed by atoms with van der Waals surface area (Å²) in [6.45, 7) is 10.4. The first-order valence-corrected chi connectivity index (χ1v) is 25.5. The summed E-state index contributed by atoms with van der Waals surface area (Å²) >= 11 is 0. The van der Waals surface area contributed by atoms with Gasteiger partial charge in [-0.2, -0.15) is 25.3 Å². The Labute approximate surface area is 368 Å². The fourth-order valence-corrected chi connectivity index (χ4v) is 9.55. The van der Waals surface area contributed by atoms with E-state index in [1.165, 1.54) is 12.1 Å². The van der Waals surface area contributed by atoms with Crippen molar-refractivity contribution in [2.45, 2.75) is 69.4 Å². The number of anilines is 2. The van der Waals surface area contributed by atoms with Crippen molar-refractivity contribution in [3.05, 3.63) is 93.6 Å². The number of nitrogens with one attached hydrogen (secondary N) is 1. The molecule has 25 heteroatoms. The molecule has 0 radical (unpaired) electrons. The Bertz CT molecular complexity index is 2860. The summed E-state index contributed by atoms with van der Waals surface area (Å²) in [6.07, 6.45) is 4.12. The Morgan fingerprint density at radius 2 is 1.37 bits per heavy atom. The van der Waals surface area contributed by atoms with Crippen LogP contribution in [0.3, 0.4) is 0 Å². The molecule has 0 atom stereocenters. The predicted molar refractivity (Wildman–Crippen MR) is 228 cm³/mol. The number of nitrogens with zero attached hydrogens (tertiary/aromatic N) is 2. The molecule has 0 amide bonds. The summed E-state index contributed by atoms with van der Waals surface area (Å²) in [4.78, 5) is 18.1. The maximum absolute atomic E-state index is 12.4. The summed E-state index contributed by atoms with van der Waals surface area (Å²) in [5, 5.41) is 0. The number of aryl methyl sites for hydroxylation is 1. The van der Waals surface area contributed by atoms with Crippen LogP contribution < -0.4 is 14.8 Å². The van der Waals surface area contributed by atoms with Gasteiger partial charge in [0.2, 0.25) is 5.71 Å². The summed E-state index contributed by atoms with van der Waals surface area (Å²) in [5.74, 6) is -1.21. The third kappa shape index (κ3) is 13.3. The topological polar surface area (TPSA) is 312 Å². The van der Waals surface area contributed by atoms with Crippen molar-refractivity contribution >= 4 is 80.7 Å². The van der Waals surface area contributed by atoms with Gasteiger partial charge in [0.25, 0.3) is 36.8 Å². The molecule has 63 heavy (non-hydrogen) atoms. The Morgan fingerprint density at radius 1 is 0.794 bits per heavy atom. The van der Waals surface area contributed by atoms with Gasteiger partial charge in [0.05, 0.1) is 28.2 Å². The number of benzene rings is 3. The minimum Gasteiger partial charge on any atom is -0.468 e. The molecule has 2 heterocycles. The van der Waals surface area contributed by atoms with Crippen LogP contribution in [0.15, 0.2) is 59.5 Å². The van der Waals surface area contributed by atoms with Gasteiger partial charge < -0.3 is 14.5 Å². The number of ether oxygens (including phenoxy) is 1. The minimum absolute atomic E-state index is 0.114. The van der Waals surface area contributed by atoms with Crippen LogP contribution >= 0.6 is 0 Å². The summed E-state index contributed by atoms with van der Waals surface area (Å²) in [6, 6.07) is 14.0. The van der Waals surface area contributed by atoms with E-state index in [2.05, 4.69) is 40.8 Å². The highest BCUT2D eigenvalue weighted by molar-refractivity contribution is 7.86. The number of rotatable bonds is 13. The number of hydrogen-bond donors (Lipinski definition) is 4. The predicted octanol–water partition coefficient (Wildman–Crippen LogP) is 0.756. The van der Waals surface area contributed by atoms with Gasteiger partial charge in [-0.3, -0.25) is 18.5 Å². The number of fused-ring (bicyclic) bond motifs is 4. The Hall–Kier alpha value is -4.89. The molecule has 20 nitrogen and oxygen atoms in total. The molecule has 0 spiro atoms. The van der Waals surface area contributed by atoms with E-state index in [4.69, 9.17) is 30.0 Å². The van der Waals surface area contributed by atoms with Crippen LogP contribution in [-0.2, 0) is 79.5 Å². The molecule has 3 aliphatic rings. The van der Waals surface area contributed by atoms with E-state index in [9.17, 15) is 43.7 Å². The van der Waals surface area contributed by atoms with Gasteiger partial charge in [0, 0.05) is 42.0 Å². The van der Waals surface area contributed by atoms with Gasteiger partial charge in [-0.1, -0.05) is 32.1 Å². The lowest BCUT2D eigenvalue weighted by molar-refractivity contribution is -0.450. The minimum atomic E-state index is -4.49. The molecule has 1 aliphatic carbocycles. The SMILES string of the molecule is CC1(C)c2cc3c(cc2C(=[NH+]CCS(=O)(=O)O)c2cc4c(cc21)N(Cc1ccc(S(=O)(=O)O)cc1)C(C)(C)C=C4CS(=O)(=O)O)CCCN3CCCOC=O.O=S(=O)=O.O=S(=O)=O. The molecular weight excluding hydrogens is 931 g/mol. The summed E-state index contributed by atoms with van der Waals surface area (Å²) in [5.41, 5.74) is 6.89. The largest absolute Gasteiger partial charge is 0.468 e. The van der Waals surface area contributed by atoms with Crippen LogP contribution in [-0.4, -0.2) is 120 Å². The first-order chi connectivity index (χ1) is 29.1. The van der Waals surface area contributed by atoms with E-state index in [1.807, 2.05) is 26.0 Å². The number of carbonyl (C=O) groups is 1. The van der Waals surface area contributed by atoms with Crippen LogP contribution in [0.4, 0.5) is 11.4 Å². The van der Waals surface area contributed by atoms with Gasteiger partial charge in [0.15, 0.2) is 6.54 Å². The zero-order valence-electron chi connectivity index (χ0n) is 34.3. The lowest BCUT2D eigenvalue weighted by Crippen LogP contribution is -2.75. The number of carbonyl (C=O) groups excluding carboxylic acids is 1. The highest BCUT2D eigenvalue weighted by Gasteiger charge is 2.43. The van der Waals surface area contributed by atoms with E-state index < -0.39 is 74.0 Å². The molecule has 344 valence electrons. The van der Waals surface area contributed by atoms with Crippen molar-refractivity contribution in [3.8, 4) is 0 Å². The average molecular weight is 977 g/mol. The van der Waals surface area contributed by atoms with Crippen molar-refractivity contribution in [2.75, 3.05) is 47.5 Å². The van der Waals surface area contributed by atoms with E-state index in [1.54, 1.807) is 18.2 Å². The molecule has 0 fully saturated rings. The molecule has 0 saturated carbocycles. The fourth-order valence-electron chi connectivity index (χ4n) is 8.08. The third-order valence-corrected chi connectivity index (χ3v) is 12.9. The molecular formula is C38H46N3O17S5+. The molecule has 2 aliphatic heterocycles. The van der Waals surface area contributed by atoms with Crippen molar-refractivity contribution < 1.29 is 78.7 Å². The summed E-state index contributed by atoms with van der Waals surface area (Å²) in [7, 11) is -19.4. The normalized spacial score (nSPS) is 16.6. The van der Waals surface area contributed by atoms with Gasteiger partial charge in [-0.05, 0) is 97.3 Å². The molecule has 6 rings (SSSR count). The molecule has 4 N–H and O–H groups in total. The van der Waals surface area contributed by atoms with Crippen LogP contribution in [0.2, 0.25) is 0 Å². The lowest BCUT2D eigenvalue weighted by Gasteiger charge is -2.45. The molecule has 3 aromatic rings. The van der Waals surface area contributed by atoms with E-state index >= 15 is 0 Å². The van der Waals surface area contributed by atoms with Crippen LogP contribution in [0.5, 0.6) is 0 Å². The Balaban J connectivity index is 0.00000100. The molecule has 0 bridgehead atoms. The van der Waals surface area contributed by atoms with Crippen molar-refractivity contribution in [3.63, 3.8) is 0 Å². The Kier molecular flexibility index (Phi) is 16.0. The maximum atomic E-state index is 12.4. The highest BCUT2D eigenvalue weighted by atomic mass is 32.2. The first-order valence-electron chi connectivity index (χ1n) is 18.8. The standard InChI is InChI=1S/C38H45N3O11S3.2O3S/c1-37(2)21-27(23-54(46,47)48)29-18-31-33(20-35(29)41(37)22-25-8-10-28(11-9-25)55(49,50)51)38(3,4)32-19-34-26(7-5-13-40(34)14-6-15-52-24-42)17-30(32)36(31)39-12-16-53(43,44)45;2*1-4(2)3/h8-11,17-21,24H,5-7,12-16,22-23H2,1-4H3,(H,43,44,45)(H,46,47,48)(H,49,50,51);;/p+1. The van der Waals surface area contributed by atoms with Crippen molar-refractivity contribution in [2.24, 2.45) is 0 Å². The second kappa shape index (κ2) is 19.9. The second-order valence-electron chi connectivity index (χ2n) is 15.7. The quantitative estimate of drug-likeness (QED) is 0.104. The van der Waals surface area contributed by atoms with Gasteiger partial charge >= 0.3 is 21.2 Å². The average Bonchev–Trinajstić information content (AvgIpc) is 3.13. The van der Waals surface area contributed by atoms with Crippen LogP contribution in [0.25, 0.3) is 5.57 Å². The van der Waals surface area contributed by atoms with E-state index in [0.717, 1.165) is 47.3 Å². The fraction of sp³-hybridized carbons (Fsp3) is 0.421. The molecule has 0 saturated heterocycles. The first kappa shape index (κ1) is 50.8.